The first-order valence-electron chi connectivity index (χ1n) is 7.58. The molecule has 9 heteroatoms. The maximum Gasteiger partial charge on any atom is 0.276 e. The number of nitrogens with one attached hydrogen (secondary N) is 1. The number of aromatic hydroxyl groups is 1. The summed E-state index contributed by atoms with van der Waals surface area (Å²) in [5.74, 6) is -0.104. The Morgan fingerprint density at radius 2 is 1.92 bits per heavy atom. The second-order valence-electron chi connectivity index (χ2n) is 5.61. The van der Waals surface area contributed by atoms with Crippen molar-refractivity contribution in [1.29, 1.82) is 0 Å². The second kappa shape index (κ2) is 6.71. The van der Waals surface area contributed by atoms with E-state index < -0.39 is 6.17 Å². The van der Waals surface area contributed by atoms with Crippen molar-refractivity contribution in [3.63, 3.8) is 0 Å². The van der Waals surface area contributed by atoms with Gasteiger partial charge in [0.15, 0.2) is 11.3 Å². The number of fused-ring (bicyclic) bond motifs is 2. The van der Waals surface area contributed by atoms with E-state index in [1.54, 1.807) is 17.1 Å². The maximum atomic E-state index is 12.7. The van der Waals surface area contributed by atoms with Gasteiger partial charge in [0.2, 0.25) is 0 Å². The zero-order chi connectivity index (χ0) is 18.4. The van der Waals surface area contributed by atoms with Crippen LogP contribution in [-0.2, 0) is 4.79 Å². The molecule has 0 aliphatic carbocycles. The van der Waals surface area contributed by atoms with E-state index in [2.05, 4.69) is 42.3 Å². The van der Waals surface area contributed by atoms with Gasteiger partial charge in [-0.25, -0.2) is 5.01 Å². The van der Waals surface area contributed by atoms with Crippen molar-refractivity contribution in [2.24, 2.45) is 10.1 Å². The Bertz CT molecular complexity index is 1060. The smallest absolute Gasteiger partial charge is 0.276 e. The van der Waals surface area contributed by atoms with Crippen LogP contribution in [0.2, 0.25) is 0 Å². The zero-order valence-electron chi connectivity index (χ0n) is 13.4. The first-order chi connectivity index (χ1) is 12.5. The molecular weight excluding hydrogens is 484 g/mol. The molecule has 0 saturated carbocycles. The molecule has 0 radical (unpaired) electrons. The van der Waals surface area contributed by atoms with Gasteiger partial charge < -0.3 is 5.11 Å². The molecule has 2 aromatic rings. The minimum atomic E-state index is -0.527. The number of amides is 1. The minimum absolute atomic E-state index is 0.110. The summed E-state index contributed by atoms with van der Waals surface area (Å²) >= 11 is 8.06. The molecule has 2 aromatic carbocycles. The van der Waals surface area contributed by atoms with Crippen LogP contribution in [0.5, 0.6) is 5.75 Å². The lowest BCUT2D eigenvalue weighted by atomic mass is 10.1. The summed E-state index contributed by atoms with van der Waals surface area (Å²) in [6, 6.07) is 11.0. The van der Waals surface area contributed by atoms with Gasteiger partial charge in [0.05, 0.1) is 14.3 Å². The number of hydrazone groups is 1. The average molecular weight is 496 g/mol. The quantitative estimate of drug-likeness (QED) is 0.637. The van der Waals surface area contributed by atoms with Crippen molar-refractivity contribution in [1.82, 2.24) is 10.3 Å². The molecule has 1 amide bonds. The number of halogens is 2. The minimum Gasteiger partial charge on any atom is -0.506 e. The maximum absolute atomic E-state index is 12.7. The average Bonchev–Trinajstić information content (AvgIpc) is 2.64. The number of para-hydroxylation sites is 1. The predicted molar refractivity (Wildman–Crippen MR) is 108 cm³/mol. The standard InChI is InChI=1S/C17H12Br2N4O2S/c1-26-17-21-16(25)13-9-4-2-3-5-12(9)20-15(23(13)22-17)8-6-10(18)14(24)11(19)7-8/h2-7,15,24H,1H3,(H,21,22,25). The summed E-state index contributed by atoms with van der Waals surface area (Å²) in [5, 5.41) is 21.0. The molecule has 6 nitrogen and oxygen atoms in total. The van der Waals surface area contributed by atoms with Crippen LogP contribution in [0, 0.1) is 0 Å². The lowest BCUT2D eigenvalue weighted by Gasteiger charge is -2.34. The third kappa shape index (κ3) is 2.83. The number of phenolic OH excluding ortho intramolecular Hbond substituents is 1. The van der Waals surface area contributed by atoms with Crippen LogP contribution in [0.25, 0.3) is 5.70 Å². The highest BCUT2D eigenvalue weighted by Gasteiger charge is 2.34. The fourth-order valence-corrected chi connectivity index (χ4v) is 4.46. The van der Waals surface area contributed by atoms with Crippen molar-refractivity contribution >= 4 is 60.4 Å². The third-order valence-corrected chi connectivity index (χ3v) is 5.83. The van der Waals surface area contributed by atoms with Gasteiger partial charge in [-0.05, 0) is 56.3 Å². The Kier molecular flexibility index (Phi) is 4.54. The van der Waals surface area contributed by atoms with E-state index in [1.165, 1.54) is 11.8 Å². The third-order valence-electron chi connectivity index (χ3n) is 4.05. The monoisotopic (exact) mass is 494 g/mol. The van der Waals surface area contributed by atoms with Crippen molar-refractivity contribution < 1.29 is 9.90 Å². The van der Waals surface area contributed by atoms with Gasteiger partial charge in [0.25, 0.3) is 5.91 Å². The van der Waals surface area contributed by atoms with Crippen LogP contribution in [0.15, 0.2) is 55.4 Å². The molecule has 2 aliphatic rings. The van der Waals surface area contributed by atoms with E-state index in [-0.39, 0.29) is 11.7 Å². The molecule has 0 bridgehead atoms. The van der Waals surface area contributed by atoms with E-state index in [9.17, 15) is 9.90 Å². The number of hydrogen-bond acceptors (Lipinski definition) is 6. The SMILES string of the molecule is CSC1=NN2C(=c3ccccc3=NC2c2cc(Br)c(O)c(Br)c2)C(=O)N1. The summed E-state index contributed by atoms with van der Waals surface area (Å²) < 4.78 is 1.07. The molecule has 26 heavy (non-hydrogen) atoms. The van der Waals surface area contributed by atoms with Gasteiger partial charge in [-0.3, -0.25) is 15.1 Å². The van der Waals surface area contributed by atoms with E-state index in [0.29, 0.717) is 19.8 Å². The van der Waals surface area contributed by atoms with Gasteiger partial charge in [-0.15, -0.1) is 5.10 Å². The number of nitrogens with zero attached hydrogens (tertiary/aromatic N) is 3. The summed E-state index contributed by atoms with van der Waals surface area (Å²) in [6.45, 7) is 0. The Balaban J connectivity index is 1.99. The highest BCUT2D eigenvalue weighted by Crippen LogP contribution is 2.38. The number of carbonyl (C=O) groups is 1. The molecule has 1 atom stereocenters. The first kappa shape index (κ1) is 17.6. The van der Waals surface area contributed by atoms with Crippen molar-refractivity contribution in [3.05, 3.63) is 61.5 Å². The fraction of sp³-hybridized carbons (Fsp3) is 0.118. The fourth-order valence-electron chi connectivity index (χ4n) is 2.87. The molecule has 2 N–H and O–H groups in total. The Morgan fingerprint density at radius 1 is 1.23 bits per heavy atom. The summed E-state index contributed by atoms with van der Waals surface area (Å²) in [7, 11) is 0. The molecule has 1 unspecified atom stereocenters. The molecule has 0 aromatic heterocycles. The number of rotatable bonds is 1. The van der Waals surface area contributed by atoms with Crippen molar-refractivity contribution in [2.45, 2.75) is 6.17 Å². The predicted octanol–water partition coefficient (Wildman–Crippen LogP) is 2.42. The molecule has 132 valence electrons. The summed E-state index contributed by atoms with van der Waals surface area (Å²) in [6.07, 6.45) is 1.32. The van der Waals surface area contributed by atoms with E-state index in [4.69, 9.17) is 4.99 Å². The molecule has 0 spiro atoms. The van der Waals surface area contributed by atoms with E-state index in [0.717, 1.165) is 16.1 Å². The van der Waals surface area contributed by atoms with Crippen molar-refractivity contribution in [2.75, 3.05) is 6.26 Å². The number of phenols is 1. The lowest BCUT2D eigenvalue weighted by molar-refractivity contribution is -0.116. The number of hydrogen-bond donors (Lipinski definition) is 2. The van der Waals surface area contributed by atoms with Gasteiger partial charge >= 0.3 is 0 Å². The zero-order valence-corrected chi connectivity index (χ0v) is 17.4. The van der Waals surface area contributed by atoms with Crippen LogP contribution in [0.3, 0.4) is 0 Å². The van der Waals surface area contributed by atoms with Gasteiger partial charge in [-0.2, -0.15) is 0 Å². The molecule has 0 fully saturated rings. The van der Waals surface area contributed by atoms with E-state index in [1.807, 2.05) is 30.5 Å². The molecule has 4 rings (SSSR count). The molecule has 2 heterocycles. The Labute approximate surface area is 169 Å². The van der Waals surface area contributed by atoms with Gasteiger partial charge in [0.1, 0.15) is 11.4 Å². The van der Waals surface area contributed by atoms with Crippen LogP contribution in [0.1, 0.15) is 11.7 Å². The van der Waals surface area contributed by atoms with Crippen LogP contribution in [0.4, 0.5) is 0 Å². The largest absolute Gasteiger partial charge is 0.506 e. The molecular formula is C17H12Br2N4O2S. The second-order valence-corrected chi connectivity index (χ2v) is 8.11. The summed E-state index contributed by atoms with van der Waals surface area (Å²) in [4.78, 5) is 17.5. The number of carbonyl (C=O) groups excluding carboxylic acids is 1. The normalized spacial score (nSPS) is 18.5. The lowest BCUT2D eigenvalue weighted by Crippen LogP contribution is -2.50. The van der Waals surface area contributed by atoms with Crippen molar-refractivity contribution in [3.8, 4) is 5.75 Å². The molecule has 0 saturated heterocycles. The first-order valence-corrected chi connectivity index (χ1v) is 10.4. The van der Waals surface area contributed by atoms with Gasteiger partial charge in [0, 0.05) is 10.8 Å². The van der Waals surface area contributed by atoms with E-state index >= 15 is 0 Å². The van der Waals surface area contributed by atoms with Crippen LogP contribution in [-0.4, -0.2) is 27.4 Å². The summed E-state index contributed by atoms with van der Waals surface area (Å²) in [5.41, 5.74) is 1.24. The topological polar surface area (TPSA) is 77.3 Å². The Hall–Kier alpha value is -1.84. The number of thioether (sulfide) groups is 1. The number of benzene rings is 2. The molecule has 2 aliphatic heterocycles. The highest BCUT2D eigenvalue weighted by atomic mass is 79.9. The highest BCUT2D eigenvalue weighted by molar-refractivity contribution is 9.11. The number of amidine groups is 1. The van der Waals surface area contributed by atoms with Crippen LogP contribution >= 0.6 is 43.6 Å². The Morgan fingerprint density at radius 3 is 2.62 bits per heavy atom. The van der Waals surface area contributed by atoms with Crippen LogP contribution < -0.4 is 15.9 Å². The van der Waals surface area contributed by atoms with Gasteiger partial charge in [-0.1, -0.05) is 30.0 Å².